The molecular weight excluding hydrogens is 208 g/mol. The summed E-state index contributed by atoms with van der Waals surface area (Å²) in [6.45, 7) is 0.945. The summed E-state index contributed by atoms with van der Waals surface area (Å²) in [5.74, 6) is 5.28. The minimum absolute atomic E-state index is 0.158. The SMILES string of the molecule is COc1ccccc1C(=O)NCCCON. The fraction of sp³-hybridized carbons (Fsp3) is 0.364. The highest BCUT2D eigenvalue weighted by Crippen LogP contribution is 2.16. The van der Waals surface area contributed by atoms with Crippen LogP contribution in [0.5, 0.6) is 5.75 Å². The maximum atomic E-state index is 11.7. The fourth-order valence-corrected chi connectivity index (χ4v) is 1.28. The minimum atomic E-state index is -0.158. The van der Waals surface area contributed by atoms with Gasteiger partial charge in [0.2, 0.25) is 0 Å². The van der Waals surface area contributed by atoms with Crippen LogP contribution >= 0.6 is 0 Å². The molecule has 0 saturated carbocycles. The molecule has 0 fully saturated rings. The summed E-state index contributed by atoms with van der Waals surface area (Å²) >= 11 is 0. The third-order valence-electron chi connectivity index (χ3n) is 2.08. The smallest absolute Gasteiger partial charge is 0.255 e. The lowest BCUT2D eigenvalue weighted by Crippen LogP contribution is -2.26. The van der Waals surface area contributed by atoms with Crippen molar-refractivity contribution in [3.05, 3.63) is 29.8 Å². The van der Waals surface area contributed by atoms with Crippen molar-refractivity contribution in [3.63, 3.8) is 0 Å². The number of para-hydroxylation sites is 1. The molecule has 0 aliphatic heterocycles. The lowest BCUT2D eigenvalue weighted by Gasteiger charge is -2.08. The molecule has 16 heavy (non-hydrogen) atoms. The van der Waals surface area contributed by atoms with Crippen molar-refractivity contribution in [2.75, 3.05) is 20.3 Å². The van der Waals surface area contributed by atoms with Crippen LogP contribution in [0.3, 0.4) is 0 Å². The molecule has 0 aliphatic carbocycles. The van der Waals surface area contributed by atoms with Crippen LogP contribution in [0.15, 0.2) is 24.3 Å². The van der Waals surface area contributed by atoms with Crippen molar-refractivity contribution in [3.8, 4) is 5.75 Å². The van der Waals surface area contributed by atoms with Crippen LogP contribution in [0.4, 0.5) is 0 Å². The Bertz CT molecular complexity index is 342. The van der Waals surface area contributed by atoms with E-state index < -0.39 is 0 Å². The van der Waals surface area contributed by atoms with Gasteiger partial charge in [0.25, 0.3) is 5.91 Å². The molecule has 1 amide bonds. The third-order valence-corrected chi connectivity index (χ3v) is 2.08. The van der Waals surface area contributed by atoms with Crippen molar-refractivity contribution < 1.29 is 14.4 Å². The van der Waals surface area contributed by atoms with Crippen LogP contribution in [-0.2, 0) is 4.84 Å². The van der Waals surface area contributed by atoms with Crippen LogP contribution in [0, 0.1) is 0 Å². The van der Waals surface area contributed by atoms with Gasteiger partial charge in [0.15, 0.2) is 0 Å². The largest absolute Gasteiger partial charge is 0.496 e. The summed E-state index contributed by atoms with van der Waals surface area (Å²) in [7, 11) is 1.54. The summed E-state index contributed by atoms with van der Waals surface area (Å²) in [5.41, 5.74) is 0.527. The zero-order valence-corrected chi connectivity index (χ0v) is 9.23. The first-order valence-corrected chi connectivity index (χ1v) is 5.02. The van der Waals surface area contributed by atoms with E-state index >= 15 is 0 Å². The van der Waals surface area contributed by atoms with E-state index in [-0.39, 0.29) is 5.91 Å². The molecule has 0 aromatic heterocycles. The van der Waals surface area contributed by atoms with Crippen molar-refractivity contribution in [2.45, 2.75) is 6.42 Å². The first-order chi connectivity index (χ1) is 7.79. The predicted octanol–water partition coefficient (Wildman–Crippen LogP) is 0.705. The van der Waals surface area contributed by atoms with Gasteiger partial charge in [0.1, 0.15) is 5.75 Å². The maximum Gasteiger partial charge on any atom is 0.255 e. The monoisotopic (exact) mass is 224 g/mol. The number of benzene rings is 1. The van der Waals surface area contributed by atoms with Crippen LogP contribution in [-0.4, -0.2) is 26.2 Å². The van der Waals surface area contributed by atoms with Crippen LogP contribution in [0.25, 0.3) is 0 Å². The van der Waals surface area contributed by atoms with Gasteiger partial charge in [-0.05, 0) is 18.6 Å². The number of nitrogens with one attached hydrogen (secondary N) is 1. The maximum absolute atomic E-state index is 11.7. The normalized spacial score (nSPS) is 9.88. The molecule has 0 bridgehead atoms. The van der Waals surface area contributed by atoms with E-state index in [1.165, 1.54) is 7.11 Å². The number of ether oxygens (including phenoxy) is 1. The summed E-state index contributed by atoms with van der Waals surface area (Å²) in [5, 5.41) is 2.75. The zero-order chi connectivity index (χ0) is 11.8. The van der Waals surface area contributed by atoms with E-state index in [2.05, 4.69) is 10.2 Å². The molecule has 0 aliphatic rings. The summed E-state index contributed by atoms with van der Waals surface area (Å²) < 4.78 is 5.09. The summed E-state index contributed by atoms with van der Waals surface area (Å²) in [6.07, 6.45) is 0.678. The molecule has 0 radical (unpaired) electrons. The number of carbonyl (C=O) groups excluding carboxylic acids is 1. The molecule has 3 N–H and O–H groups in total. The fourth-order valence-electron chi connectivity index (χ4n) is 1.28. The van der Waals surface area contributed by atoms with Crippen molar-refractivity contribution >= 4 is 5.91 Å². The van der Waals surface area contributed by atoms with Gasteiger partial charge < -0.3 is 14.9 Å². The average molecular weight is 224 g/mol. The van der Waals surface area contributed by atoms with Crippen LogP contribution in [0.2, 0.25) is 0 Å². The molecule has 1 aromatic carbocycles. The highest BCUT2D eigenvalue weighted by Gasteiger charge is 2.09. The molecule has 0 spiro atoms. The Morgan fingerprint density at radius 1 is 1.44 bits per heavy atom. The predicted molar refractivity (Wildman–Crippen MR) is 60.1 cm³/mol. The molecule has 0 heterocycles. The summed E-state index contributed by atoms with van der Waals surface area (Å²) in [6, 6.07) is 7.07. The Kier molecular flexibility index (Phi) is 5.31. The van der Waals surface area contributed by atoms with Gasteiger partial charge in [-0.15, -0.1) is 0 Å². The molecule has 0 atom stereocenters. The highest BCUT2D eigenvalue weighted by molar-refractivity contribution is 5.96. The second-order valence-corrected chi connectivity index (χ2v) is 3.18. The Hall–Kier alpha value is -1.59. The molecule has 5 heteroatoms. The Morgan fingerprint density at radius 3 is 2.88 bits per heavy atom. The number of amides is 1. The van der Waals surface area contributed by atoms with Gasteiger partial charge in [-0.1, -0.05) is 12.1 Å². The topological polar surface area (TPSA) is 73.6 Å². The number of hydrogen-bond acceptors (Lipinski definition) is 4. The number of rotatable bonds is 6. The van der Waals surface area contributed by atoms with E-state index in [4.69, 9.17) is 10.6 Å². The average Bonchev–Trinajstić information content (AvgIpc) is 2.34. The van der Waals surface area contributed by atoms with Crippen LogP contribution in [0.1, 0.15) is 16.8 Å². The van der Waals surface area contributed by atoms with Crippen molar-refractivity contribution in [2.24, 2.45) is 5.90 Å². The lowest BCUT2D eigenvalue weighted by molar-refractivity contribution is 0.0938. The van der Waals surface area contributed by atoms with Gasteiger partial charge in [-0.3, -0.25) is 4.79 Å². The molecule has 88 valence electrons. The molecule has 1 rings (SSSR count). The standard InChI is InChI=1S/C11H16N2O3/c1-15-10-6-3-2-5-9(10)11(14)13-7-4-8-16-12/h2-3,5-6H,4,7-8,12H2,1H3,(H,13,14). The first kappa shape index (κ1) is 12.5. The first-order valence-electron chi connectivity index (χ1n) is 5.02. The number of hydrogen-bond donors (Lipinski definition) is 2. The minimum Gasteiger partial charge on any atom is -0.496 e. The quantitative estimate of drug-likeness (QED) is 0.551. The van der Waals surface area contributed by atoms with E-state index in [1.54, 1.807) is 18.2 Å². The third kappa shape index (κ3) is 3.52. The van der Waals surface area contributed by atoms with Gasteiger partial charge in [-0.2, -0.15) is 0 Å². The van der Waals surface area contributed by atoms with E-state index in [0.717, 1.165) is 0 Å². The Balaban J connectivity index is 2.52. The van der Waals surface area contributed by atoms with Crippen LogP contribution < -0.4 is 16.0 Å². The lowest BCUT2D eigenvalue weighted by atomic mass is 10.2. The number of nitrogens with two attached hydrogens (primary N) is 1. The molecule has 1 aromatic rings. The Labute approximate surface area is 94.5 Å². The van der Waals surface area contributed by atoms with E-state index in [9.17, 15) is 4.79 Å². The van der Waals surface area contributed by atoms with Gasteiger partial charge >= 0.3 is 0 Å². The molecule has 0 saturated heterocycles. The second kappa shape index (κ2) is 6.81. The van der Waals surface area contributed by atoms with Crippen molar-refractivity contribution in [1.82, 2.24) is 5.32 Å². The number of carbonyl (C=O) groups is 1. The second-order valence-electron chi connectivity index (χ2n) is 3.18. The number of methoxy groups -OCH3 is 1. The molecule has 5 nitrogen and oxygen atoms in total. The van der Waals surface area contributed by atoms with Gasteiger partial charge in [0, 0.05) is 6.54 Å². The van der Waals surface area contributed by atoms with Crippen molar-refractivity contribution in [1.29, 1.82) is 0 Å². The molecule has 0 unspecified atom stereocenters. The highest BCUT2D eigenvalue weighted by atomic mass is 16.6. The van der Waals surface area contributed by atoms with Gasteiger partial charge in [0.05, 0.1) is 19.3 Å². The van der Waals surface area contributed by atoms with E-state index in [1.807, 2.05) is 6.07 Å². The summed E-state index contributed by atoms with van der Waals surface area (Å²) in [4.78, 5) is 16.1. The molecular formula is C11H16N2O3. The van der Waals surface area contributed by atoms with Gasteiger partial charge in [-0.25, -0.2) is 5.90 Å². The Morgan fingerprint density at radius 2 is 2.19 bits per heavy atom. The zero-order valence-electron chi connectivity index (χ0n) is 9.23. The van der Waals surface area contributed by atoms with E-state index in [0.29, 0.717) is 30.9 Å².